The molecule has 4 rings (SSSR count). The largest absolute Gasteiger partial charge is 0.504 e. The van der Waals surface area contributed by atoms with Crippen LogP contribution in [0.25, 0.3) is 0 Å². The number of benzene rings is 2. The molecule has 6 heteroatoms. The highest BCUT2D eigenvalue weighted by atomic mass is 16.5. The first kappa shape index (κ1) is 25.1. The van der Waals surface area contributed by atoms with Gasteiger partial charge in [0, 0.05) is 12.1 Å². The fourth-order valence-corrected chi connectivity index (χ4v) is 5.47. The summed E-state index contributed by atoms with van der Waals surface area (Å²) in [6.45, 7) is 0. The number of anilines is 1. The smallest absolute Gasteiger partial charge is 0.306 e. The van der Waals surface area contributed by atoms with E-state index in [1.165, 1.54) is 38.0 Å². The van der Waals surface area contributed by atoms with Gasteiger partial charge in [0.15, 0.2) is 11.5 Å². The first-order valence-electron chi connectivity index (χ1n) is 13.0. The van der Waals surface area contributed by atoms with E-state index in [2.05, 4.69) is 17.4 Å². The van der Waals surface area contributed by atoms with Gasteiger partial charge in [0.05, 0.1) is 13.5 Å². The van der Waals surface area contributed by atoms with Crippen LogP contribution in [0.2, 0.25) is 0 Å². The van der Waals surface area contributed by atoms with Gasteiger partial charge in [-0.25, -0.2) is 0 Å². The molecule has 2 fully saturated rings. The van der Waals surface area contributed by atoms with Crippen molar-refractivity contribution in [3.05, 3.63) is 53.6 Å². The first-order chi connectivity index (χ1) is 17.0. The number of carbonyl (C=O) groups is 2. The molecule has 2 aromatic rings. The van der Waals surface area contributed by atoms with Crippen molar-refractivity contribution < 1.29 is 24.2 Å². The van der Waals surface area contributed by atoms with E-state index in [-0.39, 0.29) is 30.2 Å². The number of amides is 1. The predicted octanol–water partition coefficient (Wildman–Crippen LogP) is 6.12. The lowest BCUT2D eigenvalue weighted by atomic mass is 9.82. The molecule has 0 heterocycles. The van der Waals surface area contributed by atoms with Crippen molar-refractivity contribution in [1.29, 1.82) is 0 Å². The zero-order chi connectivity index (χ0) is 24.6. The topological polar surface area (TPSA) is 84.9 Å². The number of rotatable bonds is 8. The third kappa shape index (κ3) is 7.23. The van der Waals surface area contributed by atoms with E-state index in [0.717, 1.165) is 49.8 Å². The minimum atomic E-state index is -0.122. The molecule has 1 amide bonds. The molecule has 0 bridgehead atoms. The van der Waals surface area contributed by atoms with Crippen LogP contribution in [-0.4, -0.2) is 30.2 Å². The van der Waals surface area contributed by atoms with Crippen LogP contribution in [-0.2, 0) is 20.7 Å². The van der Waals surface area contributed by atoms with E-state index < -0.39 is 0 Å². The lowest BCUT2D eigenvalue weighted by Gasteiger charge is -2.29. The molecule has 0 atom stereocenters. The molecule has 0 radical (unpaired) electrons. The second-order valence-electron chi connectivity index (χ2n) is 10.0. The van der Waals surface area contributed by atoms with Gasteiger partial charge in [0.25, 0.3) is 0 Å². The number of phenolic OH excluding ortho intramolecular Hbond substituents is 1. The Morgan fingerprint density at radius 2 is 1.74 bits per heavy atom. The summed E-state index contributed by atoms with van der Waals surface area (Å²) in [6, 6.07) is 13.0. The Balaban J connectivity index is 1.25. The van der Waals surface area contributed by atoms with Gasteiger partial charge in [-0.05, 0) is 85.8 Å². The van der Waals surface area contributed by atoms with Gasteiger partial charge >= 0.3 is 5.97 Å². The van der Waals surface area contributed by atoms with E-state index in [9.17, 15) is 14.7 Å². The molecule has 35 heavy (non-hydrogen) atoms. The van der Waals surface area contributed by atoms with Crippen molar-refractivity contribution in [2.75, 3.05) is 12.4 Å². The number of methoxy groups -OCH3 is 1. The zero-order valence-electron chi connectivity index (χ0n) is 20.6. The quantitative estimate of drug-likeness (QED) is 0.446. The molecule has 2 aliphatic carbocycles. The van der Waals surface area contributed by atoms with Crippen molar-refractivity contribution in [1.82, 2.24) is 0 Å². The fraction of sp³-hybridized carbons (Fsp3) is 0.517. The highest BCUT2D eigenvalue weighted by Gasteiger charge is 2.26. The van der Waals surface area contributed by atoms with Gasteiger partial charge in [-0.3, -0.25) is 9.59 Å². The van der Waals surface area contributed by atoms with Gasteiger partial charge < -0.3 is 19.9 Å². The number of aromatic hydroxyl groups is 1. The number of carbonyl (C=O) groups excluding carboxylic acids is 2. The van der Waals surface area contributed by atoms with Crippen molar-refractivity contribution in [3.63, 3.8) is 0 Å². The molecule has 2 saturated carbocycles. The Labute approximate surface area is 208 Å². The van der Waals surface area contributed by atoms with Gasteiger partial charge in [-0.2, -0.15) is 0 Å². The number of hydrogen-bond donors (Lipinski definition) is 2. The fourth-order valence-electron chi connectivity index (χ4n) is 5.47. The number of nitrogens with one attached hydrogen (secondary N) is 1. The van der Waals surface area contributed by atoms with E-state index in [4.69, 9.17) is 9.47 Å². The maximum atomic E-state index is 12.6. The summed E-state index contributed by atoms with van der Waals surface area (Å²) >= 11 is 0. The van der Waals surface area contributed by atoms with Crippen molar-refractivity contribution >= 4 is 17.6 Å². The highest BCUT2D eigenvalue weighted by molar-refractivity contribution is 5.92. The average Bonchev–Trinajstić information content (AvgIpc) is 2.86. The van der Waals surface area contributed by atoms with E-state index in [1.54, 1.807) is 12.1 Å². The summed E-state index contributed by atoms with van der Waals surface area (Å²) in [7, 11) is 1.49. The Bertz CT molecular complexity index is 1010. The van der Waals surface area contributed by atoms with Crippen LogP contribution in [0.4, 0.5) is 5.69 Å². The standard InChI is InChI=1S/C29H37NO5/c1-34-27-16-21(10-15-26(27)31)17-28(32)30-24-9-5-8-23(19-24)22-11-13-25(14-12-22)35-29(33)18-20-6-3-2-4-7-20/h5,8-10,15-16,19-20,22,25,31H,2-4,6-7,11-14,17-18H2,1H3,(H,30,32)/t22-,25+. The number of esters is 1. The maximum absolute atomic E-state index is 12.6. The lowest BCUT2D eigenvalue weighted by Crippen LogP contribution is -2.25. The third-order valence-corrected chi connectivity index (χ3v) is 7.40. The molecule has 0 aliphatic heterocycles. The molecule has 2 N–H and O–H groups in total. The normalized spacial score (nSPS) is 20.7. The molecule has 188 valence electrons. The molecular weight excluding hydrogens is 442 g/mol. The van der Waals surface area contributed by atoms with Crippen LogP contribution in [0.1, 0.15) is 81.3 Å². The SMILES string of the molecule is COc1cc(CC(=O)Nc2cccc([C@H]3CC[C@@H](OC(=O)CC4CCCCC4)CC3)c2)ccc1O. The third-order valence-electron chi connectivity index (χ3n) is 7.40. The average molecular weight is 480 g/mol. The van der Waals surface area contributed by atoms with Crippen LogP contribution in [0, 0.1) is 5.92 Å². The highest BCUT2D eigenvalue weighted by Crippen LogP contribution is 2.36. The summed E-state index contributed by atoms with van der Waals surface area (Å²) < 4.78 is 10.9. The zero-order valence-corrected chi connectivity index (χ0v) is 20.6. The monoisotopic (exact) mass is 479 g/mol. The molecule has 0 spiro atoms. The molecule has 2 aromatic carbocycles. The summed E-state index contributed by atoms with van der Waals surface area (Å²) in [5.41, 5.74) is 2.75. The van der Waals surface area contributed by atoms with Crippen LogP contribution < -0.4 is 10.1 Å². The summed E-state index contributed by atoms with van der Waals surface area (Å²) in [6.07, 6.45) is 10.7. The number of phenols is 1. The molecular formula is C29H37NO5. The Kier molecular flexibility index (Phi) is 8.67. The minimum absolute atomic E-state index is 0.0173. The summed E-state index contributed by atoms with van der Waals surface area (Å²) in [5.74, 6) is 1.19. The van der Waals surface area contributed by atoms with Crippen LogP contribution in [0.15, 0.2) is 42.5 Å². The van der Waals surface area contributed by atoms with Crippen molar-refractivity contribution in [2.24, 2.45) is 5.92 Å². The first-order valence-corrected chi connectivity index (χ1v) is 13.0. The summed E-state index contributed by atoms with van der Waals surface area (Å²) in [4.78, 5) is 25.0. The van der Waals surface area contributed by atoms with Crippen LogP contribution in [0.5, 0.6) is 11.5 Å². The Morgan fingerprint density at radius 3 is 2.49 bits per heavy atom. The second kappa shape index (κ2) is 12.1. The van der Waals surface area contributed by atoms with Crippen molar-refractivity contribution in [3.8, 4) is 11.5 Å². The molecule has 0 saturated heterocycles. The minimum Gasteiger partial charge on any atom is -0.504 e. The van der Waals surface area contributed by atoms with Gasteiger partial charge in [0.2, 0.25) is 5.91 Å². The maximum Gasteiger partial charge on any atom is 0.306 e. The summed E-state index contributed by atoms with van der Waals surface area (Å²) in [5, 5.41) is 12.7. The van der Waals surface area contributed by atoms with Crippen molar-refractivity contribution in [2.45, 2.75) is 82.7 Å². The van der Waals surface area contributed by atoms with E-state index >= 15 is 0 Å². The Morgan fingerprint density at radius 1 is 0.971 bits per heavy atom. The lowest BCUT2D eigenvalue weighted by molar-refractivity contribution is -0.152. The predicted molar refractivity (Wildman–Crippen MR) is 136 cm³/mol. The van der Waals surface area contributed by atoms with Gasteiger partial charge in [-0.1, -0.05) is 37.5 Å². The number of hydrogen-bond acceptors (Lipinski definition) is 5. The molecule has 6 nitrogen and oxygen atoms in total. The van der Waals surface area contributed by atoms with E-state index in [1.807, 2.05) is 12.1 Å². The van der Waals surface area contributed by atoms with E-state index in [0.29, 0.717) is 24.0 Å². The molecule has 2 aliphatic rings. The number of ether oxygens (including phenoxy) is 2. The van der Waals surface area contributed by atoms with Gasteiger partial charge in [0.1, 0.15) is 6.10 Å². The second-order valence-corrected chi connectivity index (χ2v) is 10.0. The van der Waals surface area contributed by atoms with Gasteiger partial charge in [-0.15, -0.1) is 0 Å². The van der Waals surface area contributed by atoms with Crippen LogP contribution in [0.3, 0.4) is 0 Å². The Hall–Kier alpha value is -3.02. The molecule has 0 unspecified atom stereocenters. The molecule has 0 aromatic heterocycles. The van der Waals surface area contributed by atoms with Crippen LogP contribution >= 0.6 is 0 Å².